The van der Waals surface area contributed by atoms with E-state index in [2.05, 4.69) is 41.3 Å². The molecule has 2 aromatic rings. The van der Waals surface area contributed by atoms with E-state index in [-0.39, 0.29) is 5.91 Å². The van der Waals surface area contributed by atoms with Crippen molar-refractivity contribution in [2.75, 3.05) is 44.3 Å². The molecular weight excluding hydrogens is 336 g/mol. The molecule has 27 heavy (non-hydrogen) atoms. The lowest BCUT2D eigenvalue weighted by Crippen LogP contribution is -2.36. The summed E-state index contributed by atoms with van der Waals surface area (Å²) >= 11 is 0. The molecule has 2 aliphatic heterocycles. The van der Waals surface area contributed by atoms with Gasteiger partial charge < -0.3 is 14.5 Å². The molecule has 0 unspecified atom stereocenters. The summed E-state index contributed by atoms with van der Waals surface area (Å²) in [5, 5.41) is 0. The Morgan fingerprint density at radius 1 is 0.704 bits per heavy atom. The fraction of sp³-hybridized carbons (Fsp3) is 0.435. The van der Waals surface area contributed by atoms with E-state index in [1.54, 1.807) is 0 Å². The summed E-state index contributed by atoms with van der Waals surface area (Å²) in [6.45, 7) is 5.29. The zero-order valence-electron chi connectivity index (χ0n) is 15.9. The molecule has 0 spiro atoms. The lowest BCUT2D eigenvalue weighted by Gasteiger charge is -2.28. The number of likely N-dealkylation sites (tertiary alicyclic amines) is 1. The van der Waals surface area contributed by atoms with Gasteiger partial charge >= 0.3 is 0 Å². The first kappa shape index (κ1) is 18.1. The van der Waals surface area contributed by atoms with Gasteiger partial charge in [0, 0.05) is 37.4 Å². The molecule has 2 fully saturated rings. The second-order valence-corrected chi connectivity index (χ2v) is 7.43. The molecule has 1 amide bonds. The molecule has 4 nitrogen and oxygen atoms in total. The summed E-state index contributed by atoms with van der Waals surface area (Å²) < 4.78 is 5.42. The molecule has 0 bridgehead atoms. The number of hydrogen-bond donors (Lipinski definition) is 0. The van der Waals surface area contributed by atoms with Crippen molar-refractivity contribution in [3.63, 3.8) is 0 Å². The molecule has 4 heteroatoms. The zero-order chi connectivity index (χ0) is 18.5. The third-order valence-electron chi connectivity index (χ3n) is 5.60. The number of nitrogens with zero attached hydrogens (tertiary/aromatic N) is 2. The number of benzene rings is 2. The van der Waals surface area contributed by atoms with Gasteiger partial charge in [0.2, 0.25) is 0 Å². The van der Waals surface area contributed by atoms with Gasteiger partial charge in [-0.05, 0) is 48.2 Å². The van der Waals surface area contributed by atoms with Crippen LogP contribution in [0.3, 0.4) is 0 Å². The van der Waals surface area contributed by atoms with E-state index >= 15 is 0 Å². The Balaban J connectivity index is 1.44. The van der Waals surface area contributed by atoms with E-state index < -0.39 is 0 Å². The van der Waals surface area contributed by atoms with Crippen LogP contribution < -0.4 is 4.90 Å². The predicted molar refractivity (Wildman–Crippen MR) is 109 cm³/mol. The zero-order valence-corrected chi connectivity index (χ0v) is 15.9. The van der Waals surface area contributed by atoms with Crippen molar-refractivity contribution in [2.45, 2.75) is 25.7 Å². The quantitative estimate of drug-likeness (QED) is 0.818. The highest BCUT2D eigenvalue weighted by Gasteiger charge is 2.17. The number of anilines is 1. The molecule has 142 valence electrons. The second kappa shape index (κ2) is 8.57. The summed E-state index contributed by atoms with van der Waals surface area (Å²) in [5.74, 6) is 0.172. The number of rotatable bonds is 3. The van der Waals surface area contributed by atoms with Crippen LogP contribution in [-0.4, -0.2) is 50.2 Å². The smallest absolute Gasteiger partial charge is 0.253 e. The molecule has 2 aromatic carbocycles. The third kappa shape index (κ3) is 4.33. The van der Waals surface area contributed by atoms with E-state index in [1.165, 1.54) is 24.1 Å². The number of ether oxygens (including phenoxy) is 1. The molecule has 0 atom stereocenters. The van der Waals surface area contributed by atoms with Gasteiger partial charge in [-0.1, -0.05) is 37.1 Å². The number of morpholine rings is 1. The van der Waals surface area contributed by atoms with Crippen LogP contribution in [0.15, 0.2) is 48.5 Å². The maximum atomic E-state index is 12.7. The van der Waals surface area contributed by atoms with Crippen LogP contribution >= 0.6 is 0 Å². The molecule has 0 N–H and O–H groups in total. The van der Waals surface area contributed by atoms with Crippen LogP contribution in [0.5, 0.6) is 0 Å². The number of amides is 1. The Morgan fingerprint density at radius 2 is 1.26 bits per heavy atom. The molecule has 0 radical (unpaired) electrons. The van der Waals surface area contributed by atoms with Crippen molar-refractivity contribution in [1.29, 1.82) is 0 Å². The lowest BCUT2D eigenvalue weighted by molar-refractivity contribution is 0.0761. The molecule has 2 aliphatic rings. The summed E-state index contributed by atoms with van der Waals surface area (Å²) in [5.41, 5.74) is 4.37. The topological polar surface area (TPSA) is 32.8 Å². The monoisotopic (exact) mass is 364 g/mol. The number of carbonyl (C=O) groups is 1. The van der Waals surface area contributed by atoms with Crippen LogP contribution in [0, 0.1) is 0 Å². The van der Waals surface area contributed by atoms with Crippen LogP contribution in [0.4, 0.5) is 5.69 Å². The van der Waals surface area contributed by atoms with Crippen LogP contribution in [0.25, 0.3) is 11.1 Å². The summed E-state index contributed by atoms with van der Waals surface area (Å²) in [6.07, 6.45) is 4.73. The van der Waals surface area contributed by atoms with Crippen molar-refractivity contribution in [3.05, 3.63) is 54.1 Å². The number of hydrogen-bond acceptors (Lipinski definition) is 3. The average Bonchev–Trinajstić information content (AvgIpc) is 3.04. The minimum absolute atomic E-state index is 0.172. The minimum Gasteiger partial charge on any atom is -0.378 e. The largest absolute Gasteiger partial charge is 0.378 e. The van der Waals surface area contributed by atoms with E-state index in [9.17, 15) is 4.79 Å². The highest BCUT2D eigenvalue weighted by Crippen LogP contribution is 2.24. The summed E-state index contributed by atoms with van der Waals surface area (Å²) in [4.78, 5) is 17.1. The van der Waals surface area contributed by atoms with Gasteiger partial charge in [0.15, 0.2) is 0 Å². The molecule has 0 aromatic heterocycles. The maximum Gasteiger partial charge on any atom is 0.253 e. The minimum atomic E-state index is 0.172. The van der Waals surface area contributed by atoms with E-state index in [1.807, 2.05) is 17.0 Å². The average molecular weight is 364 g/mol. The van der Waals surface area contributed by atoms with E-state index in [0.29, 0.717) is 0 Å². The lowest BCUT2D eigenvalue weighted by atomic mass is 10.0. The summed E-state index contributed by atoms with van der Waals surface area (Å²) in [7, 11) is 0. The fourth-order valence-electron chi connectivity index (χ4n) is 3.95. The highest BCUT2D eigenvalue weighted by atomic mass is 16.5. The van der Waals surface area contributed by atoms with Gasteiger partial charge in [0.05, 0.1) is 13.2 Å². The predicted octanol–water partition coefficient (Wildman–Crippen LogP) is 4.21. The normalized spacial score (nSPS) is 18.2. The van der Waals surface area contributed by atoms with E-state index in [4.69, 9.17) is 4.74 Å². The maximum absolute atomic E-state index is 12.7. The van der Waals surface area contributed by atoms with Crippen molar-refractivity contribution in [3.8, 4) is 11.1 Å². The van der Waals surface area contributed by atoms with Gasteiger partial charge in [-0.15, -0.1) is 0 Å². The van der Waals surface area contributed by atoms with Gasteiger partial charge in [-0.25, -0.2) is 0 Å². The van der Waals surface area contributed by atoms with Gasteiger partial charge in [0.25, 0.3) is 5.91 Å². The highest BCUT2D eigenvalue weighted by molar-refractivity contribution is 5.94. The Bertz CT molecular complexity index is 741. The fourth-order valence-corrected chi connectivity index (χ4v) is 3.95. The molecule has 2 saturated heterocycles. The van der Waals surface area contributed by atoms with Gasteiger partial charge in [-0.3, -0.25) is 4.79 Å². The van der Waals surface area contributed by atoms with Crippen molar-refractivity contribution < 1.29 is 9.53 Å². The molecule has 0 saturated carbocycles. The molecule has 2 heterocycles. The molecule has 4 rings (SSSR count). The second-order valence-electron chi connectivity index (χ2n) is 7.43. The Hall–Kier alpha value is -2.33. The first-order valence-corrected chi connectivity index (χ1v) is 10.1. The van der Waals surface area contributed by atoms with Crippen LogP contribution in [-0.2, 0) is 4.74 Å². The Labute approximate surface area is 161 Å². The van der Waals surface area contributed by atoms with Crippen molar-refractivity contribution >= 4 is 11.6 Å². The van der Waals surface area contributed by atoms with Crippen molar-refractivity contribution in [1.82, 2.24) is 4.90 Å². The van der Waals surface area contributed by atoms with Crippen molar-refractivity contribution in [2.24, 2.45) is 0 Å². The Morgan fingerprint density at radius 3 is 1.85 bits per heavy atom. The SMILES string of the molecule is O=C(c1ccc(-c2ccc(N3CCOCC3)cc2)cc1)N1CCCCCC1. The molecule has 0 aliphatic carbocycles. The first-order valence-electron chi connectivity index (χ1n) is 10.1. The standard InChI is InChI=1S/C23H28N2O2/c26-23(25-13-3-1-2-4-14-25)21-7-5-19(6-8-21)20-9-11-22(12-10-20)24-15-17-27-18-16-24/h5-12H,1-4,13-18H2. The van der Waals surface area contributed by atoms with Gasteiger partial charge in [0.1, 0.15) is 0 Å². The summed E-state index contributed by atoms with van der Waals surface area (Å²) in [6, 6.07) is 16.8. The third-order valence-corrected chi connectivity index (χ3v) is 5.60. The molecular formula is C23H28N2O2. The Kier molecular flexibility index (Phi) is 5.73. The van der Waals surface area contributed by atoms with E-state index in [0.717, 1.165) is 63.4 Å². The van der Waals surface area contributed by atoms with Crippen LogP contribution in [0.2, 0.25) is 0 Å². The van der Waals surface area contributed by atoms with Gasteiger partial charge in [-0.2, -0.15) is 0 Å². The number of carbonyl (C=O) groups excluding carboxylic acids is 1. The first-order chi connectivity index (χ1) is 13.3. The van der Waals surface area contributed by atoms with Crippen LogP contribution in [0.1, 0.15) is 36.0 Å².